The Morgan fingerprint density at radius 3 is 2.44 bits per heavy atom. The van der Waals surface area contributed by atoms with Gasteiger partial charge in [-0.1, -0.05) is 38.5 Å². The molecular weight excluding hydrogens is 206 g/mol. The molecule has 0 nitrogen and oxygen atoms in total. The Balaban J connectivity index is 2.15. The van der Waals surface area contributed by atoms with E-state index in [0.717, 1.165) is 31.6 Å². The van der Waals surface area contributed by atoms with Crippen LogP contribution in [-0.4, -0.2) is 6.17 Å². The van der Waals surface area contributed by atoms with Crippen LogP contribution in [0, 0.1) is 11.8 Å². The van der Waals surface area contributed by atoms with Crippen molar-refractivity contribution in [2.45, 2.75) is 38.8 Å². The van der Waals surface area contributed by atoms with Gasteiger partial charge in [0.1, 0.15) is 5.83 Å². The van der Waals surface area contributed by atoms with E-state index in [-0.39, 0.29) is 11.5 Å². The Hall–Kier alpha value is -0.920. The highest BCUT2D eigenvalue weighted by molar-refractivity contribution is 5.42. The van der Waals surface area contributed by atoms with Crippen LogP contribution in [0.15, 0.2) is 35.7 Å². The summed E-state index contributed by atoms with van der Waals surface area (Å²) in [6.07, 6.45) is 5.91. The van der Waals surface area contributed by atoms with Crippen LogP contribution < -0.4 is 0 Å². The number of hydrogen-bond donors (Lipinski definition) is 0. The summed E-state index contributed by atoms with van der Waals surface area (Å²) in [7, 11) is 0. The second-order valence-electron chi connectivity index (χ2n) is 5.03. The van der Waals surface area contributed by atoms with E-state index in [9.17, 15) is 8.78 Å². The zero-order valence-electron chi connectivity index (χ0n) is 9.68. The van der Waals surface area contributed by atoms with E-state index in [1.54, 1.807) is 12.2 Å². The Labute approximate surface area is 95.7 Å². The lowest BCUT2D eigenvalue weighted by Crippen LogP contribution is -2.18. The summed E-state index contributed by atoms with van der Waals surface area (Å²) in [4.78, 5) is 0. The summed E-state index contributed by atoms with van der Waals surface area (Å²) in [5, 5.41) is 0. The number of hydrogen-bond acceptors (Lipinski definition) is 0. The SMILES string of the molecule is C=C1C=CC(C2CCC(C)CC2)=C(F)C1F. The van der Waals surface area contributed by atoms with E-state index < -0.39 is 12.0 Å². The summed E-state index contributed by atoms with van der Waals surface area (Å²) in [6, 6.07) is 0. The molecule has 0 aromatic rings. The van der Waals surface area contributed by atoms with Gasteiger partial charge in [-0.2, -0.15) is 0 Å². The molecule has 0 amide bonds. The number of alkyl halides is 1. The molecule has 2 heteroatoms. The van der Waals surface area contributed by atoms with Crippen LogP contribution >= 0.6 is 0 Å². The van der Waals surface area contributed by atoms with Crippen molar-refractivity contribution in [3.63, 3.8) is 0 Å². The average Bonchev–Trinajstić information content (AvgIpc) is 2.28. The lowest BCUT2D eigenvalue weighted by Gasteiger charge is -2.29. The molecule has 16 heavy (non-hydrogen) atoms. The van der Waals surface area contributed by atoms with Crippen LogP contribution in [0.2, 0.25) is 0 Å². The van der Waals surface area contributed by atoms with E-state index in [2.05, 4.69) is 13.5 Å². The maximum atomic E-state index is 13.8. The van der Waals surface area contributed by atoms with Crippen LogP contribution in [0.3, 0.4) is 0 Å². The van der Waals surface area contributed by atoms with Gasteiger partial charge < -0.3 is 0 Å². The first kappa shape index (κ1) is 11.6. The summed E-state index contributed by atoms with van der Waals surface area (Å²) < 4.78 is 27.2. The van der Waals surface area contributed by atoms with Crippen molar-refractivity contribution < 1.29 is 8.78 Å². The molecule has 1 saturated carbocycles. The van der Waals surface area contributed by atoms with Crippen LogP contribution in [0.25, 0.3) is 0 Å². The van der Waals surface area contributed by atoms with Gasteiger partial charge in [-0.25, -0.2) is 8.78 Å². The van der Waals surface area contributed by atoms with Gasteiger partial charge in [0.15, 0.2) is 6.17 Å². The Bertz CT molecular complexity index is 344. The lowest BCUT2D eigenvalue weighted by molar-refractivity contribution is 0.305. The minimum Gasteiger partial charge on any atom is -0.234 e. The molecule has 0 N–H and O–H groups in total. The smallest absolute Gasteiger partial charge is 0.176 e. The monoisotopic (exact) mass is 224 g/mol. The van der Waals surface area contributed by atoms with E-state index in [1.165, 1.54) is 0 Å². The van der Waals surface area contributed by atoms with Gasteiger partial charge in [0, 0.05) is 0 Å². The molecule has 0 aromatic carbocycles. The predicted molar refractivity (Wildman–Crippen MR) is 62.4 cm³/mol. The normalized spacial score (nSPS) is 35.7. The third-order valence-corrected chi connectivity index (χ3v) is 3.76. The molecule has 0 aliphatic heterocycles. The molecule has 0 spiro atoms. The lowest BCUT2D eigenvalue weighted by atomic mass is 9.77. The zero-order valence-corrected chi connectivity index (χ0v) is 9.68. The molecule has 0 heterocycles. The largest absolute Gasteiger partial charge is 0.234 e. The fourth-order valence-corrected chi connectivity index (χ4v) is 2.57. The molecule has 2 aliphatic carbocycles. The van der Waals surface area contributed by atoms with Crippen molar-refractivity contribution in [3.05, 3.63) is 35.7 Å². The fraction of sp³-hybridized carbons (Fsp3) is 0.571. The predicted octanol–water partition coefficient (Wildman–Crippen LogP) is 4.50. The first-order valence-electron chi connectivity index (χ1n) is 6.00. The van der Waals surface area contributed by atoms with Crippen molar-refractivity contribution in [1.82, 2.24) is 0 Å². The maximum absolute atomic E-state index is 13.8. The van der Waals surface area contributed by atoms with Crippen LogP contribution in [0.5, 0.6) is 0 Å². The van der Waals surface area contributed by atoms with Gasteiger partial charge in [0.25, 0.3) is 0 Å². The van der Waals surface area contributed by atoms with Crippen molar-refractivity contribution in [1.29, 1.82) is 0 Å². The van der Waals surface area contributed by atoms with Crippen molar-refractivity contribution >= 4 is 0 Å². The van der Waals surface area contributed by atoms with E-state index in [1.807, 2.05) is 0 Å². The van der Waals surface area contributed by atoms with E-state index in [4.69, 9.17) is 0 Å². The molecular formula is C14H18F2. The molecule has 0 saturated heterocycles. The molecule has 2 rings (SSSR count). The molecule has 0 aromatic heterocycles. The molecule has 0 radical (unpaired) electrons. The Morgan fingerprint density at radius 1 is 1.19 bits per heavy atom. The maximum Gasteiger partial charge on any atom is 0.176 e. The molecule has 1 atom stereocenters. The van der Waals surface area contributed by atoms with Crippen LogP contribution in [-0.2, 0) is 0 Å². The highest BCUT2D eigenvalue weighted by Gasteiger charge is 2.29. The van der Waals surface area contributed by atoms with E-state index >= 15 is 0 Å². The standard InChI is InChI=1S/C14H18F2/c1-9-3-6-11(7-4-9)12-8-5-10(2)13(15)14(12)16/h5,8-9,11,13H,2-4,6-7H2,1H3. The average molecular weight is 224 g/mol. The molecule has 0 bridgehead atoms. The summed E-state index contributed by atoms with van der Waals surface area (Å²) in [5.41, 5.74) is 0.803. The first-order chi connectivity index (χ1) is 7.59. The number of allylic oxidation sites excluding steroid dienone is 5. The quantitative estimate of drug-likeness (QED) is 0.615. The van der Waals surface area contributed by atoms with Crippen molar-refractivity contribution in [3.8, 4) is 0 Å². The Kier molecular flexibility index (Phi) is 3.27. The summed E-state index contributed by atoms with van der Waals surface area (Å²) in [5.74, 6) is 0.328. The molecule has 2 aliphatic rings. The van der Waals surface area contributed by atoms with Gasteiger partial charge in [0.05, 0.1) is 0 Å². The number of halogens is 2. The highest BCUT2D eigenvalue weighted by atomic mass is 19.2. The zero-order chi connectivity index (χ0) is 11.7. The van der Waals surface area contributed by atoms with Gasteiger partial charge in [-0.3, -0.25) is 0 Å². The van der Waals surface area contributed by atoms with Crippen LogP contribution in [0.4, 0.5) is 8.78 Å². The summed E-state index contributed by atoms with van der Waals surface area (Å²) >= 11 is 0. The minimum absolute atomic E-state index is 0.207. The van der Waals surface area contributed by atoms with Gasteiger partial charge in [0.2, 0.25) is 0 Å². The number of rotatable bonds is 1. The first-order valence-corrected chi connectivity index (χ1v) is 6.00. The summed E-state index contributed by atoms with van der Waals surface area (Å²) in [6.45, 7) is 5.72. The van der Waals surface area contributed by atoms with Gasteiger partial charge in [-0.15, -0.1) is 0 Å². The topological polar surface area (TPSA) is 0 Å². The molecule has 88 valence electrons. The fourth-order valence-electron chi connectivity index (χ4n) is 2.57. The van der Waals surface area contributed by atoms with Crippen molar-refractivity contribution in [2.75, 3.05) is 0 Å². The Morgan fingerprint density at radius 2 is 1.81 bits per heavy atom. The molecule has 1 fully saturated rings. The van der Waals surface area contributed by atoms with Gasteiger partial charge in [-0.05, 0) is 35.8 Å². The second-order valence-corrected chi connectivity index (χ2v) is 5.03. The second kappa shape index (κ2) is 4.52. The highest BCUT2D eigenvalue weighted by Crippen LogP contribution is 2.38. The third-order valence-electron chi connectivity index (χ3n) is 3.76. The third kappa shape index (κ3) is 2.11. The van der Waals surface area contributed by atoms with Crippen molar-refractivity contribution in [2.24, 2.45) is 11.8 Å². The van der Waals surface area contributed by atoms with E-state index in [0.29, 0.717) is 5.57 Å². The van der Waals surface area contributed by atoms with Crippen LogP contribution in [0.1, 0.15) is 32.6 Å². The molecule has 1 unspecified atom stereocenters. The van der Waals surface area contributed by atoms with Gasteiger partial charge >= 0.3 is 0 Å². The minimum atomic E-state index is -1.61.